The summed E-state index contributed by atoms with van der Waals surface area (Å²) in [6.07, 6.45) is 3.16. The molecular weight excluding hydrogens is 364 g/mol. The largest absolute Gasteiger partial charge is 0.468 e. The molecule has 0 amide bonds. The Bertz CT molecular complexity index is 1190. The van der Waals surface area contributed by atoms with Gasteiger partial charge in [0.2, 0.25) is 5.88 Å². The van der Waals surface area contributed by atoms with E-state index in [1.807, 2.05) is 23.6 Å². The number of carbonyl (C=O) groups excluding carboxylic acids is 1. The molecule has 27 heavy (non-hydrogen) atoms. The number of aromatic nitrogens is 4. The summed E-state index contributed by atoms with van der Waals surface area (Å²) < 4.78 is 13.1. The molecule has 4 aromatic rings. The third-order valence-corrected chi connectivity index (χ3v) is 5.41. The lowest BCUT2D eigenvalue weighted by molar-refractivity contribution is -0.114. The highest BCUT2D eigenvalue weighted by Gasteiger charge is 2.37. The van der Waals surface area contributed by atoms with Crippen LogP contribution in [0.5, 0.6) is 5.88 Å². The lowest BCUT2D eigenvalue weighted by atomic mass is 9.85. The Kier molecular flexibility index (Phi) is 3.48. The number of nitrogens with zero attached hydrogens (tertiary/aromatic N) is 4. The van der Waals surface area contributed by atoms with Crippen molar-refractivity contribution in [3.05, 3.63) is 64.9 Å². The van der Waals surface area contributed by atoms with Gasteiger partial charge in [0.1, 0.15) is 17.8 Å². The zero-order valence-electron chi connectivity index (χ0n) is 14.5. The fourth-order valence-electron chi connectivity index (χ4n) is 3.44. The fourth-order valence-corrected chi connectivity index (χ4v) is 4.10. The van der Waals surface area contributed by atoms with E-state index in [-0.39, 0.29) is 5.78 Å². The number of Topliss-reactive ketones (excluding diaryl/α,β-unsaturated/α-hetero) is 1. The van der Waals surface area contributed by atoms with Gasteiger partial charge in [-0.15, -0.1) is 16.4 Å². The lowest BCUT2D eigenvalue weighted by Gasteiger charge is -2.26. The van der Waals surface area contributed by atoms with Gasteiger partial charge in [-0.25, -0.2) is 14.5 Å². The third kappa shape index (κ3) is 2.41. The number of fused-ring (bicyclic) bond motifs is 3. The van der Waals surface area contributed by atoms with E-state index in [2.05, 4.69) is 10.1 Å². The Morgan fingerprint density at radius 1 is 1.30 bits per heavy atom. The smallest absolute Gasteiger partial charge is 0.228 e. The minimum atomic E-state index is -0.446. The van der Waals surface area contributed by atoms with Gasteiger partial charge in [-0.3, -0.25) is 4.79 Å². The minimum Gasteiger partial charge on any atom is -0.468 e. The van der Waals surface area contributed by atoms with Crippen molar-refractivity contribution < 1.29 is 13.9 Å². The summed E-state index contributed by atoms with van der Waals surface area (Å²) in [5.41, 5.74) is 1.81. The molecule has 7 nitrogen and oxygen atoms in total. The Balaban J connectivity index is 1.80. The van der Waals surface area contributed by atoms with Crippen LogP contribution in [0.3, 0.4) is 0 Å². The molecule has 8 heteroatoms. The molecule has 0 N–H and O–H groups in total. The van der Waals surface area contributed by atoms with Crippen LogP contribution in [0.15, 0.2) is 58.0 Å². The molecule has 0 fully saturated rings. The van der Waals surface area contributed by atoms with Gasteiger partial charge in [-0.2, -0.15) is 0 Å². The van der Waals surface area contributed by atoms with Crippen LogP contribution in [0.4, 0.5) is 0 Å². The normalized spacial score (nSPS) is 16.4. The highest BCUT2D eigenvalue weighted by molar-refractivity contribution is 7.13. The molecule has 1 aliphatic heterocycles. The van der Waals surface area contributed by atoms with Crippen molar-refractivity contribution in [1.82, 2.24) is 19.6 Å². The van der Waals surface area contributed by atoms with Gasteiger partial charge >= 0.3 is 0 Å². The molecule has 0 aliphatic carbocycles. The zero-order chi connectivity index (χ0) is 18.5. The van der Waals surface area contributed by atoms with Gasteiger partial charge in [0.15, 0.2) is 17.3 Å². The molecule has 0 aromatic carbocycles. The van der Waals surface area contributed by atoms with E-state index in [0.29, 0.717) is 40.0 Å². The number of carbonyl (C=O) groups is 1. The minimum absolute atomic E-state index is 0.0838. The standard InChI is InChI=1S/C19H14N4O3S/c1-10(24)14-11(2)26-19-16(15(14)12-5-3-7-25-12)18-21-17(13-6-4-8-27-13)22-23(18)9-20-19/h3-9,15H,1-2H3/t15-/m1/s1. The lowest BCUT2D eigenvalue weighted by Crippen LogP contribution is -2.21. The first-order valence-corrected chi connectivity index (χ1v) is 9.23. The van der Waals surface area contributed by atoms with Crippen LogP contribution in [0.1, 0.15) is 31.1 Å². The number of thiophene rings is 1. The summed E-state index contributed by atoms with van der Waals surface area (Å²) in [4.78, 5) is 22.5. The van der Waals surface area contributed by atoms with Gasteiger partial charge in [0, 0.05) is 5.57 Å². The van der Waals surface area contributed by atoms with E-state index < -0.39 is 5.92 Å². The van der Waals surface area contributed by atoms with Crippen LogP contribution in [0, 0.1) is 0 Å². The first-order chi connectivity index (χ1) is 13.1. The Morgan fingerprint density at radius 2 is 2.19 bits per heavy atom. The first kappa shape index (κ1) is 16.0. The van der Waals surface area contributed by atoms with Gasteiger partial charge < -0.3 is 9.15 Å². The molecule has 0 spiro atoms. The first-order valence-electron chi connectivity index (χ1n) is 8.35. The summed E-state index contributed by atoms with van der Waals surface area (Å²) in [5.74, 6) is 1.65. The van der Waals surface area contributed by atoms with E-state index in [0.717, 1.165) is 4.88 Å². The molecule has 0 bridgehead atoms. The van der Waals surface area contributed by atoms with E-state index in [1.54, 1.807) is 41.4 Å². The summed E-state index contributed by atoms with van der Waals surface area (Å²) in [7, 11) is 0. The SMILES string of the molecule is CC(=O)C1=C(C)Oc2ncn3nc(-c4cccs4)nc3c2[C@@H]1c1ccco1. The van der Waals surface area contributed by atoms with Crippen molar-refractivity contribution in [3.63, 3.8) is 0 Å². The van der Waals surface area contributed by atoms with E-state index in [4.69, 9.17) is 14.1 Å². The molecular formula is C19H14N4O3S. The summed E-state index contributed by atoms with van der Waals surface area (Å²) in [5, 5.41) is 6.51. The van der Waals surface area contributed by atoms with Crippen LogP contribution >= 0.6 is 11.3 Å². The summed E-state index contributed by atoms with van der Waals surface area (Å²) >= 11 is 1.56. The highest BCUT2D eigenvalue weighted by Crippen LogP contribution is 2.44. The Labute approximate surface area is 157 Å². The summed E-state index contributed by atoms with van der Waals surface area (Å²) in [6, 6.07) is 7.56. The maximum atomic E-state index is 12.4. The molecule has 1 atom stereocenters. The molecule has 0 unspecified atom stereocenters. The van der Waals surface area contributed by atoms with Crippen molar-refractivity contribution in [2.45, 2.75) is 19.8 Å². The van der Waals surface area contributed by atoms with E-state index in [1.165, 1.54) is 6.92 Å². The number of hydrogen-bond donors (Lipinski definition) is 0. The van der Waals surface area contributed by atoms with Crippen LogP contribution in [-0.4, -0.2) is 25.4 Å². The average molecular weight is 378 g/mol. The number of allylic oxidation sites excluding steroid dienone is 2. The van der Waals surface area contributed by atoms with Gasteiger partial charge in [0.25, 0.3) is 0 Å². The highest BCUT2D eigenvalue weighted by atomic mass is 32.1. The topological polar surface area (TPSA) is 82.5 Å². The maximum Gasteiger partial charge on any atom is 0.228 e. The van der Waals surface area contributed by atoms with Crippen molar-refractivity contribution in [1.29, 1.82) is 0 Å². The van der Waals surface area contributed by atoms with Crippen LogP contribution in [0.2, 0.25) is 0 Å². The van der Waals surface area contributed by atoms with E-state index in [9.17, 15) is 4.79 Å². The quantitative estimate of drug-likeness (QED) is 0.539. The average Bonchev–Trinajstić information content (AvgIpc) is 3.39. The monoisotopic (exact) mass is 378 g/mol. The number of ether oxygens (including phenoxy) is 1. The second-order valence-corrected chi connectivity index (χ2v) is 7.17. The molecule has 1 aliphatic rings. The van der Waals surface area contributed by atoms with Crippen molar-refractivity contribution >= 4 is 22.8 Å². The third-order valence-electron chi connectivity index (χ3n) is 4.54. The number of rotatable bonds is 3. The second-order valence-electron chi connectivity index (χ2n) is 6.22. The van der Waals surface area contributed by atoms with Crippen molar-refractivity contribution in [2.24, 2.45) is 0 Å². The Hall–Kier alpha value is -3.26. The predicted octanol–water partition coefficient (Wildman–Crippen LogP) is 3.83. The molecule has 4 aromatic heterocycles. The van der Waals surface area contributed by atoms with Crippen LogP contribution < -0.4 is 4.74 Å². The maximum absolute atomic E-state index is 12.4. The van der Waals surface area contributed by atoms with Gasteiger partial charge in [-0.05, 0) is 37.4 Å². The molecule has 5 rings (SSSR count). The zero-order valence-corrected chi connectivity index (χ0v) is 15.4. The summed E-state index contributed by atoms with van der Waals surface area (Å²) in [6.45, 7) is 3.29. The molecule has 0 radical (unpaired) electrons. The predicted molar refractivity (Wildman–Crippen MR) is 98.7 cm³/mol. The molecule has 0 saturated heterocycles. The molecule has 5 heterocycles. The molecule has 0 saturated carbocycles. The Morgan fingerprint density at radius 3 is 2.89 bits per heavy atom. The number of ketones is 1. The fraction of sp³-hybridized carbons (Fsp3) is 0.158. The van der Waals surface area contributed by atoms with Crippen LogP contribution in [-0.2, 0) is 4.79 Å². The second kappa shape index (κ2) is 5.88. The number of hydrogen-bond acceptors (Lipinski definition) is 7. The van der Waals surface area contributed by atoms with Crippen LogP contribution in [0.25, 0.3) is 16.3 Å². The van der Waals surface area contributed by atoms with Gasteiger partial charge in [-0.1, -0.05) is 6.07 Å². The van der Waals surface area contributed by atoms with Gasteiger partial charge in [0.05, 0.1) is 22.6 Å². The number of furan rings is 1. The van der Waals surface area contributed by atoms with Crippen molar-refractivity contribution in [2.75, 3.05) is 0 Å². The van der Waals surface area contributed by atoms with Crippen molar-refractivity contribution in [3.8, 4) is 16.6 Å². The van der Waals surface area contributed by atoms with E-state index >= 15 is 0 Å². The molecule has 134 valence electrons.